The second-order valence-electron chi connectivity index (χ2n) is 4.32. The first-order valence-electron chi connectivity index (χ1n) is 6.10. The van der Waals surface area contributed by atoms with Gasteiger partial charge in [-0.3, -0.25) is 4.40 Å². The van der Waals surface area contributed by atoms with Crippen molar-refractivity contribution in [1.29, 1.82) is 0 Å². The molecule has 3 rings (SSSR count). The van der Waals surface area contributed by atoms with Crippen molar-refractivity contribution in [3.05, 3.63) is 60.4 Å². The van der Waals surface area contributed by atoms with Crippen molar-refractivity contribution in [2.24, 2.45) is 5.73 Å². The predicted molar refractivity (Wildman–Crippen MR) is 73.4 cm³/mol. The molecule has 2 N–H and O–H groups in total. The fraction of sp³-hybridized carbons (Fsp3) is 0.133. The Morgan fingerprint density at radius 3 is 2.72 bits per heavy atom. The highest BCUT2D eigenvalue weighted by Crippen LogP contribution is 2.20. The summed E-state index contributed by atoms with van der Waals surface area (Å²) in [5.41, 5.74) is 9.07. The molecule has 0 amide bonds. The molecule has 18 heavy (non-hydrogen) atoms. The van der Waals surface area contributed by atoms with E-state index in [1.54, 1.807) is 0 Å². The van der Waals surface area contributed by atoms with Crippen LogP contribution in [0.4, 0.5) is 0 Å². The second kappa shape index (κ2) is 4.63. The Balaban J connectivity index is 2.10. The molecule has 2 heterocycles. The minimum absolute atomic E-state index is 0.676. The van der Waals surface area contributed by atoms with Gasteiger partial charge in [-0.05, 0) is 30.7 Å². The first-order chi connectivity index (χ1) is 8.88. The molecule has 0 fully saturated rings. The van der Waals surface area contributed by atoms with Crippen LogP contribution >= 0.6 is 0 Å². The predicted octanol–water partition coefficient (Wildman–Crippen LogP) is 2.50. The van der Waals surface area contributed by atoms with E-state index in [1.165, 1.54) is 5.56 Å². The van der Waals surface area contributed by atoms with Gasteiger partial charge in [-0.1, -0.05) is 30.3 Å². The summed E-state index contributed by atoms with van der Waals surface area (Å²) < 4.78 is 2.11. The van der Waals surface area contributed by atoms with E-state index >= 15 is 0 Å². The number of aromatic nitrogens is 2. The summed E-state index contributed by atoms with van der Waals surface area (Å²) in [5.74, 6) is 0.977. The van der Waals surface area contributed by atoms with Crippen LogP contribution in [0.2, 0.25) is 0 Å². The molecule has 0 bridgehead atoms. The summed E-state index contributed by atoms with van der Waals surface area (Å²) in [6.07, 6.45) is 4.88. The topological polar surface area (TPSA) is 43.3 Å². The van der Waals surface area contributed by atoms with Gasteiger partial charge in [0.2, 0.25) is 0 Å². The van der Waals surface area contributed by atoms with Gasteiger partial charge >= 0.3 is 0 Å². The lowest BCUT2D eigenvalue weighted by Crippen LogP contribution is -2.03. The molecule has 0 aliphatic carbocycles. The molecule has 3 heteroatoms. The third-order valence-electron chi connectivity index (χ3n) is 3.06. The van der Waals surface area contributed by atoms with Crippen LogP contribution in [0.5, 0.6) is 0 Å². The van der Waals surface area contributed by atoms with Crippen molar-refractivity contribution in [2.45, 2.75) is 6.42 Å². The molecule has 0 saturated heterocycles. The molecule has 0 unspecified atom stereocenters. The first-order valence-corrected chi connectivity index (χ1v) is 6.10. The molecule has 90 valence electrons. The number of fused-ring (bicyclic) bond motifs is 1. The van der Waals surface area contributed by atoms with Gasteiger partial charge in [-0.25, -0.2) is 4.98 Å². The van der Waals surface area contributed by atoms with Gasteiger partial charge < -0.3 is 5.73 Å². The molecule has 0 radical (unpaired) electrons. The van der Waals surface area contributed by atoms with Crippen LogP contribution in [0.25, 0.3) is 16.9 Å². The first kappa shape index (κ1) is 11.0. The van der Waals surface area contributed by atoms with Crippen molar-refractivity contribution in [3.63, 3.8) is 0 Å². The van der Waals surface area contributed by atoms with Crippen LogP contribution in [0.3, 0.4) is 0 Å². The average Bonchev–Trinajstić information content (AvgIpc) is 2.83. The Morgan fingerprint density at radius 1 is 1.11 bits per heavy atom. The van der Waals surface area contributed by atoms with Gasteiger partial charge in [0.05, 0.1) is 11.7 Å². The molecular weight excluding hydrogens is 222 g/mol. The van der Waals surface area contributed by atoms with E-state index < -0.39 is 0 Å². The zero-order chi connectivity index (χ0) is 12.4. The minimum atomic E-state index is 0.676. The molecule has 0 saturated carbocycles. The summed E-state index contributed by atoms with van der Waals surface area (Å²) >= 11 is 0. The normalized spacial score (nSPS) is 10.9. The van der Waals surface area contributed by atoms with Crippen LogP contribution < -0.4 is 5.73 Å². The zero-order valence-corrected chi connectivity index (χ0v) is 10.1. The Morgan fingerprint density at radius 2 is 1.94 bits per heavy atom. The number of hydrogen-bond donors (Lipinski definition) is 1. The SMILES string of the molecule is NCCc1ccn2c(-c3ccccc3)ncc2c1. The Bertz CT molecular complexity index is 656. The van der Waals surface area contributed by atoms with Crippen molar-refractivity contribution in [3.8, 4) is 11.4 Å². The van der Waals surface area contributed by atoms with Crippen LogP contribution in [0.1, 0.15) is 5.56 Å². The summed E-state index contributed by atoms with van der Waals surface area (Å²) in [6, 6.07) is 14.5. The van der Waals surface area contributed by atoms with Gasteiger partial charge in [0.25, 0.3) is 0 Å². The van der Waals surface area contributed by atoms with Gasteiger partial charge in [-0.2, -0.15) is 0 Å². The molecule has 3 aromatic rings. The van der Waals surface area contributed by atoms with E-state index in [4.69, 9.17) is 5.73 Å². The maximum Gasteiger partial charge on any atom is 0.144 e. The fourth-order valence-electron chi connectivity index (χ4n) is 2.17. The largest absolute Gasteiger partial charge is 0.330 e. The maximum absolute atomic E-state index is 5.58. The van der Waals surface area contributed by atoms with Gasteiger partial charge in [0.1, 0.15) is 5.82 Å². The molecule has 1 aromatic carbocycles. The standard InChI is InChI=1S/C15H15N3/c16-8-6-12-7-9-18-14(10-12)11-17-15(18)13-4-2-1-3-5-13/h1-5,7,9-11H,6,8,16H2. The number of nitrogens with zero attached hydrogens (tertiary/aromatic N) is 2. The van der Waals surface area contributed by atoms with Crippen LogP contribution in [0, 0.1) is 0 Å². The lowest BCUT2D eigenvalue weighted by Gasteiger charge is -2.03. The van der Waals surface area contributed by atoms with E-state index in [1.807, 2.05) is 24.4 Å². The van der Waals surface area contributed by atoms with Gasteiger partial charge in [0.15, 0.2) is 0 Å². The van der Waals surface area contributed by atoms with E-state index in [0.717, 1.165) is 23.3 Å². The number of pyridine rings is 1. The molecule has 0 aliphatic heterocycles. The minimum Gasteiger partial charge on any atom is -0.330 e. The molecule has 0 spiro atoms. The number of hydrogen-bond acceptors (Lipinski definition) is 2. The summed E-state index contributed by atoms with van der Waals surface area (Å²) in [4.78, 5) is 4.50. The van der Waals surface area contributed by atoms with E-state index in [0.29, 0.717) is 6.54 Å². The van der Waals surface area contributed by atoms with Crippen LogP contribution in [-0.4, -0.2) is 15.9 Å². The Kier molecular flexibility index (Phi) is 2.82. The Hall–Kier alpha value is -2.13. The number of rotatable bonds is 3. The summed E-state index contributed by atoms with van der Waals surface area (Å²) in [7, 11) is 0. The summed E-state index contributed by atoms with van der Waals surface area (Å²) in [5, 5.41) is 0. The average molecular weight is 237 g/mol. The van der Waals surface area contributed by atoms with Crippen LogP contribution in [-0.2, 0) is 6.42 Å². The van der Waals surface area contributed by atoms with E-state index in [9.17, 15) is 0 Å². The van der Waals surface area contributed by atoms with Crippen molar-refractivity contribution in [1.82, 2.24) is 9.38 Å². The second-order valence-corrected chi connectivity index (χ2v) is 4.32. The fourth-order valence-corrected chi connectivity index (χ4v) is 2.17. The molecule has 0 aliphatic rings. The number of nitrogens with two attached hydrogens (primary N) is 1. The monoisotopic (exact) mass is 237 g/mol. The van der Waals surface area contributed by atoms with Gasteiger partial charge in [-0.15, -0.1) is 0 Å². The van der Waals surface area contributed by atoms with E-state index in [2.05, 4.69) is 39.8 Å². The van der Waals surface area contributed by atoms with Crippen LogP contribution in [0.15, 0.2) is 54.9 Å². The zero-order valence-electron chi connectivity index (χ0n) is 10.1. The lowest BCUT2D eigenvalue weighted by molar-refractivity contribution is 0.964. The highest BCUT2D eigenvalue weighted by molar-refractivity contribution is 5.62. The lowest BCUT2D eigenvalue weighted by atomic mass is 10.2. The Labute approximate surface area is 106 Å². The smallest absolute Gasteiger partial charge is 0.144 e. The molecule has 3 nitrogen and oxygen atoms in total. The number of benzene rings is 1. The van der Waals surface area contributed by atoms with Crippen molar-refractivity contribution < 1.29 is 0 Å². The molecule has 0 atom stereocenters. The summed E-state index contributed by atoms with van der Waals surface area (Å²) in [6.45, 7) is 0.676. The van der Waals surface area contributed by atoms with Gasteiger partial charge in [0, 0.05) is 11.8 Å². The quantitative estimate of drug-likeness (QED) is 0.760. The number of imidazole rings is 1. The van der Waals surface area contributed by atoms with E-state index in [-0.39, 0.29) is 0 Å². The van der Waals surface area contributed by atoms with Crippen molar-refractivity contribution >= 4 is 5.52 Å². The van der Waals surface area contributed by atoms with Crippen molar-refractivity contribution in [2.75, 3.05) is 6.54 Å². The molecular formula is C15H15N3. The molecule has 2 aromatic heterocycles. The maximum atomic E-state index is 5.58. The highest BCUT2D eigenvalue weighted by Gasteiger charge is 2.05. The highest BCUT2D eigenvalue weighted by atomic mass is 15.0. The third-order valence-corrected chi connectivity index (χ3v) is 3.06. The third kappa shape index (κ3) is 1.89.